The van der Waals surface area contributed by atoms with Crippen LogP contribution in [0.4, 0.5) is 0 Å². The summed E-state index contributed by atoms with van der Waals surface area (Å²) in [5.74, 6) is 0. The molecule has 3 rings (SSSR count). The monoisotopic (exact) mass is 354 g/mol. The molecule has 0 aliphatic rings. The maximum Gasteiger partial charge on any atom is 0.150 e. The van der Waals surface area contributed by atoms with Gasteiger partial charge in [0.15, 0.2) is 0 Å². The zero-order valence-electron chi connectivity index (χ0n) is 16.0. The van der Waals surface area contributed by atoms with Crippen molar-refractivity contribution in [3.8, 4) is 0 Å². The van der Waals surface area contributed by atoms with Crippen LogP contribution in [0.1, 0.15) is 52.4 Å². The fraction of sp³-hybridized carbons (Fsp3) is 0.250. The second-order valence-corrected chi connectivity index (χ2v) is 4.11. The number of aldehydes is 2. The molecule has 0 aliphatic carbocycles. The molecule has 0 fully saturated rings. The van der Waals surface area contributed by atoms with Gasteiger partial charge in [-0.3, -0.25) is 4.79 Å². The highest BCUT2D eigenvalue weighted by molar-refractivity contribution is 5.82. The van der Waals surface area contributed by atoms with Crippen LogP contribution in [-0.2, 0) is 4.79 Å². The molecule has 0 atom stereocenters. The van der Waals surface area contributed by atoms with Gasteiger partial charge in [-0.2, -0.15) is 0 Å². The Morgan fingerprint density at radius 1 is 0.577 bits per heavy atom. The molecule has 0 aliphatic heterocycles. The van der Waals surface area contributed by atoms with E-state index in [4.69, 9.17) is 4.79 Å². The molecule has 3 aromatic carbocycles. The van der Waals surface area contributed by atoms with Crippen LogP contribution in [0.5, 0.6) is 0 Å². The highest BCUT2D eigenvalue weighted by atomic mass is 16.1. The topological polar surface area (TPSA) is 34.1 Å². The predicted octanol–water partition coefficient (Wildman–Crippen LogP) is 7.23. The van der Waals surface area contributed by atoms with Gasteiger partial charge in [-0.05, 0) is 17.7 Å². The minimum absolute atomic E-state index is 0. The van der Waals surface area contributed by atoms with Crippen molar-refractivity contribution >= 4 is 23.3 Å². The minimum atomic E-state index is 0. The number of hydrogen-bond donors (Lipinski definition) is 0. The third-order valence-electron chi connectivity index (χ3n) is 2.59. The average Bonchev–Trinajstić information content (AvgIpc) is 2.73. The Hall–Kier alpha value is -2.74. The van der Waals surface area contributed by atoms with Crippen LogP contribution < -0.4 is 0 Å². The SMILES string of the molecule is C.CC.CC.CC=O.O=Cc1ccccc1.c1ccc2ccccc2c1. The lowest BCUT2D eigenvalue weighted by molar-refractivity contribution is -0.106. The fourth-order valence-electron chi connectivity index (χ4n) is 1.66. The van der Waals surface area contributed by atoms with Crippen LogP contribution >= 0.6 is 0 Å². The molecule has 3 aromatic rings. The Labute approximate surface area is 159 Å². The number of carbonyl (C=O) groups excluding carboxylic acids is 2. The van der Waals surface area contributed by atoms with Crippen molar-refractivity contribution in [2.75, 3.05) is 0 Å². The summed E-state index contributed by atoms with van der Waals surface area (Å²) in [6.45, 7) is 9.44. The van der Waals surface area contributed by atoms with Crippen molar-refractivity contribution in [3.63, 3.8) is 0 Å². The highest BCUT2D eigenvalue weighted by Crippen LogP contribution is 2.11. The molecule has 2 heteroatoms. The first-order valence-electron chi connectivity index (χ1n) is 8.65. The summed E-state index contributed by atoms with van der Waals surface area (Å²) in [5.41, 5.74) is 0.729. The molecule has 0 aromatic heterocycles. The lowest BCUT2D eigenvalue weighted by Gasteiger charge is -1.92. The van der Waals surface area contributed by atoms with Crippen LogP contribution in [0.2, 0.25) is 0 Å². The van der Waals surface area contributed by atoms with E-state index >= 15 is 0 Å². The van der Waals surface area contributed by atoms with Crippen LogP contribution in [0, 0.1) is 0 Å². The largest absolute Gasteiger partial charge is 0.304 e. The molecule has 26 heavy (non-hydrogen) atoms. The molecule has 0 radical (unpaired) electrons. The number of hydrogen-bond acceptors (Lipinski definition) is 2. The lowest BCUT2D eigenvalue weighted by atomic mass is 10.1. The Morgan fingerprint density at radius 2 is 0.846 bits per heavy atom. The van der Waals surface area contributed by atoms with E-state index in [2.05, 4.69) is 48.5 Å². The van der Waals surface area contributed by atoms with E-state index in [9.17, 15) is 4.79 Å². The molecule has 0 N–H and O–H groups in total. The van der Waals surface area contributed by atoms with Gasteiger partial charge in [0.1, 0.15) is 12.6 Å². The maximum absolute atomic E-state index is 10.0. The number of benzene rings is 3. The Bertz CT molecular complexity index is 596. The molecule has 2 nitrogen and oxygen atoms in total. The summed E-state index contributed by atoms with van der Waals surface area (Å²) in [6.07, 6.45) is 1.58. The van der Waals surface area contributed by atoms with Gasteiger partial charge < -0.3 is 4.79 Å². The van der Waals surface area contributed by atoms with Crippen molar-refractivity contribution < 1.29 is 9.59 Å². The molecule has 0 saturated carbocycles. The summed E-state index contributed by atoms with van der Waals surface area (Å²) in [7, 11) is 0. The third-order valence-corrected chi connectivity index (χ3v) is 2.59. The molecular formula is C24H34O2. The molecule has 0 amide bonds. The second kappa shape index (κ2) is 22.3. The first kappa shape index (κ1) is 28.1. The van der Waals surface area contributed by atoms with Crippen molar-refractivity contribution in [3.05, 3.63) is 84.4 Å². The van der Waals surface area contributed by atoms with Gasteiger partial charge in [-0.1, -0.05) is 114 Å². The lowest BCUT2D eigenvalue weighted by Crippen LogP contribution is -1.73. The van der Waals surface area contributed by atoms with Crippen molar-refractivity contribution in [1.82, 2.24) is 0 Å². The normalized spacial score (nSPS) is 7.42. The van der Waals surface area contributed by atoms with Crippen LogP contribution in [0.15, 0.2) is 78.9 Å². The van der Waals surface area contributed by atoms with E-state index in [1.54, 1.807) is 12.1 Å². The number of carbonyl (C=O) groups is 2. The summed E-state index contributed by atoms with van der Waals surface area (Å²) < 4.78 is 0. The van der Waals surface area contributed by atoms with Crippen LogP contribution in [0.3, 0.4) is 0 Å². The molecular weight excluding hydrogens is 320 g/mol. The van der Waals surface area contributed by atoms with Gasteiger partial charge in [-0.15, -0.1) is 0 Å². The Morgan fingerprint density at radius 3 is 1.08 bits per heavy atom. The predicted molar refractivity (Wildman–Crippen MR) is 117 cm³/mol. The zero-order valence-corrected chi connectivity index (χ0v) is 16.0. The smallest absolute Gasteiger partial charge is 0.150 e. The Balaban J connectivity index is -0.000000300. The van der Waals surface area contributed by atoms with E-state index in [1.807, 2.05) is 45.9 Å². The van der Waals surface area contributed by atoms with E-state index in [1.165, 1.54) is 17.7 Å². The quantitative estimate of drug-likeness (QED) is 0.432. The summed E-state index contributed by atoms with van der Waals surface area (Å²) in [4.78, 5) is 18.8. The molecule has 0 spiro atoms. The van der Waals surface area contributed by atoms with Gasteiger partial charge in [0, 0.05) is 5.56 Å². The number of fused-ring (bicyclic) bond motifs is 1. The van der Waals surface area contributed by atoms with Gasteiger partial charge in [-0.25, -0.2) is 0 Å². The van der Waals surface area contributed by atoms with Gasteiger partial charge in [0.25, 0.3) is 0 Å². The standard InChI is InChI=1S/C10H8.C7H6O.C2H4O.2C2H6.CH4/c1-2-6-10-8-4-3-7-9(10)5-1;8-6-7-4-2-1-3-5-7;1-2-3;2*1-2;/h1-8H;1-6H;2H,1H3;2*1-2H3;1H4. The summed E-state index contributed by atoms with van der Waals surface area (Å²) in [6, 6.07) is 25.8. The molecule has 0 heterocycles. The average molecular weight is 355 g/mol. The molecule has 142 valence electrons. The van der Waals surface area contributed by atoms with E-state index in [0.29, 0.717) is 0 Å². The van der Waals surface area contributed by atoms with Crippen LogP contribution in [0.25, 0.3) is 10.8 Å². The van der Waals surface area contributed by atoms with Gasteiger partial charge in [0.2, 0.25) is 0 Å². The number of rotatable bonds is 1. The molecule has 0 saturated heterocycles. The highest BCUT2D eigenvalue weighted by Gasteiger charge is 1.85. The summed E-state index contributed by atoms with van der Waals surface area (Å²) in [5, 5.41) is 2.62. The van der Waals surface area contributed by atoms with Crippen LogP contribution in [-0.4, -0.2) is 12.6 Å². The van der Waals surface area contributed by atoms with Gasteiger partial charge >= 0.3 is 0 Å². The summed E-state index contributed by atoms with van der Waals surface area (Å²) >= 11 is 0. The van der Waals surface area contributed by atoms with E-state index in [0.717, 1.165) is 18.1 Å². The van der Waals surface area contributed by atoms with E-state index < -0.39 is 0 Å². The Kier molecular flexibility index (Phi) is 24.0. The van der Waals surface area contributed by atoms with Crippen molar-refractivity contribution in [2.24, 2.45) is 0 Å². The van der Waals surface area contributed by atoms with Crippen molar-refractivity contribution in [2.45, 2.75) is 42.0 Å². The minimum Gasteiger partial charge on any atom is -0.304 e. The fourth-order valence-corrected chi connectivity index (χ4v) is 1.66. The van der Waals surface area contributed by atoms with E-state index in [-0.39, 0.29) is 7.43 Å². The molecule has 0 unspecified atom stereocenters. The van der Waals surface area contributed by atoms with Gasteiger partial charge in [0.05, 0.1) is 0 Å². The zero-order chi connectivity index (χ0) is 19.3. The first-order valence-corrected chi connectivity index (χ1v) is 8.65. The third kappa shape index (κ3) is 13.7. The first-order chi connectivity index (χ1) is 12.3. The second-order valence-electron chi connectivity index (χ2n) is 4.11. The maximum atomic E-state index is 10.0. The van der Waals surface area contributed by atoms with Crippen molar-refractivity contribution in [1.29, 1.82) is 0 Å². The molecule has 0 bridgehead atoms.